The minimum atomic E-state index is -0.702. The van der Waals surface area contributed by atoms with E-state index in [1.807, 2.05) is 30.5 Å². The van der Waals surface area contributed by atoms with Crippen LogP contribution in [0, 0.1) is 5.82 Å². The van der Waals surface area contributed by atoms with Gasteiger partial charge in [0.05, 0.1) is 0 Å². The molecule has 17 heavy (non-hydrogen) atoms. The number of thioether (sulfide) groups is 1. The van der Waals surface area contributed by atoms with Crippen molar-refractivity contribution in [3.05, 3.63) is 65.5 Å². The van der Waals surface area contributed by atoms with E-state index < -0.39 is 6.10 Å². The van der Waals surface area contributed by atoms with Crippen molar-refractivity contribution < 1.29 is 9.50 Å². The first-order valence-electron chi connectivity index (χ1n) is 5.28. The van der Waals surface area contributed by atoms with Crippen LogP contribution in [0.4, 0.5) is 4.39 Å². The minimum Gasteiger partial charge on any atom is -0.384 e. The number of hydrogen-bond acceptors (Lipinski definition) is 2. The molecule has 0 heterocycles. The zero-order chi connectivity index (χ0) is 12.3. The summed E-state index contributed by atoms with van der Waals surface area (Å²) in [5, 5.41) is 10.1. The summed E-state index contributed by atoms with van der Waals surface area (Å²) >= 11 is 1.66. The summed E-state index contributed by atoms with van der Waals surface area (Å²) in [5.74, 6) is -0.293. The maximum atomic E-state index is 12.8. The van der Waals surface area contributed by atoms with Crippen LogP contribution in [0.25, 0.3) is 0 Å². The summed E-state index contributed by atoms with van der Waals surface area (Å²) in [7, 11) is 0. The van der Waals surface area contributed by atoms with Crippen LogP contribution in [0.3, 0.4) is 0 Å². The van der Waals surface area contributed by atoms with Crippen LogP contribution in [0.2, 0.25) is 0 Å². The van der Waals surface area contributed by atoms with Crippen LogP contribution in [0.15, 0.2) is 53.4 Å². The van der Waals surface area contributed by atoms with E-state index in [9.17, 15) is 9.50 Å². The van der Waals surface area contributed by atoms with Gasteiger partial charge >= 0.3 is 0 Å². The normalized spacial score (nSPS) is 12.4. The van der Waals surface area contributed by atoms with Crippen molar-refractivity contribution in [3.63, 3.8) is 0 Å². The van der Waals surface area contributed by atoms with Crippen LogP contribution < -0.4 is 0 Å². The maximum absolute atomic E-state index is 12.8. The highest BCUT2D eigenvalue weighted by Gasteiger charge is 2.09. The average molecular weight is 248 g/mol. The van der Waals surface area contributed by atoms with Gasteiger partial charge in [0, 0.05) is 4.90 Å². The Morgan fingerprint density at radius 1 is 0.941 bits per heavy atom. The van der Waals surface area contributed by atoms with E-state index in [2.05, 4.69) is 0 Å². The third-order valence-electron chi connectivity index (χ3n) is 2.62. The lowest BCUT2D eigenvalue weighted by atomic mass is 10.0. The molecule has 2 rings (SSSR count). The van der Waals surface area contributed by atoms with Crippen molar-refractivity contribution in [2.45, 2.75) is 11.0 Å². The van der Waals surface area contributed by atoms with Crippen molar-refractivity contribution in [1.82, 2.24) is 0 Å². The fourth-order valence-corrected chi connectivity index (χ4v) is 2.03. The molecule has 1 atom stereocenters. The number of hydrogen-bond donors (Lipinski definition) is 1. The number of aliphatic hydroxyl groups is 1. The van der Waals surface area contributed by atoms with Gasteiger partial charge in [-0.15, -0.1) is 11.8 Å². The molecular weight excluding hydrogens is 235 g/mol. The summed E-state index contributed by atoms with van der Waals surface area (Å²) in [6.07, 6.45) is 1.30. The lowest BCUT2D eigenvalue weighted by Crippen LogP contribution is -1.99. The van der Waals surface area contributed by atoms with Gasteiger partial charge in [-0.2, -0.15) is 0 Å². The SMILES string of the molecule is CSc1ccc(C(O)c2ccc(F)cc2)cc1. The molecule has 0 amide bonds. The molecular formula is C14H13FOS. The highest BCUT2D eigenvalue weighted by Crippen LogP contribution is 2.24. The molecule has 0 aromatic heterocycles. The molecule has 0 aliphatic carbocycles. The van der Waals surface area contributed by atoms with E-state index in [-0.39, 0.29) is 5.82 Å². The molecule has 2 aromatic rings. The predicted molar refractivity (Wildman–Crippen MR) is 68.7 cm³/mol. The topological polar surface area (TPSA) is 20.2 Å². The highest BCUT2D eigenvalue weighted by molar-refractivity contribution is 7.98. The number of aliphatic hydroxyl groups excluding tert-OH is 1. The molecule has 0 spiro atoms. The quantitative estimate of drug-likeness (QED) is 0.837. The average Bonchev–Trinajstić information content (AvgIpc) is 2.39. The summed E-state index contributed by atoms with van der Waals surface area (Å²) in [6, 6.07) is 13.6. The molecule has 0 fully saturated rings. The zero-order valence-corrected chi connectivity index (χ0v) is 10.2. The molecule has 3 heteroatoms. The Morgan fingerprint density at radius 3 is 1.88 bits per heavy atom. The first-order chi connectivity index (χ1) is 8.20. The smallest absolute Gasteiger partial charge is 0.123 e. The molecule has 2 aromatic carbocycles. The van der Waals surface area contributed by atoms with Gasteiger partial charge in [-0.05, 0) is 41.6 Å². The van der Waals surface area contributed by atoms with Crippen LogP contribution in [-0.2, 0) is 0 Å². The van der Waals surface area contributed by atoms with Gasteiger partial charge in [0.25, 0.3) is 0 Å². The maximum Gasteiger partial charge on any atom is 0.123 e. The summed E-state index contributed by atoms with van der Waals surface area (Å²) in [6.45, 7) is 0. The Labute approximate surface area is 104 Å². The van der Waals surface area contributed by atoms with Crippen molar-refractivity contribution >= 4 is 11.8 Å². The van der Waals surface area contributed by atoms with Crippen molar-refractivity contribution in [2.24, 2.45) is 0 Å². The second kappa shape index (κ2) is 5.34. The van der Waals surface area contributed by atoms with Crippen LogP contribution in [-0.4, -0.2) is 11.4 Å². The second-order valence-corrected chi connectivity index (χ2v) is 4.61. The van der Waals surface area contributed by atoms with Gasteiger partial charge in [-0.25, -0.2) is 4.39 Å². The molecule has 0 aliphatic heterocycles. The standard InChI is InChI=1S/C14H13FOS/c1-17-13-8-4-11(5-9-13)14(16)10-2-6-12(15)7-3-10/h2-9,14,16H,1H3. The van der Waals surface area contributed by atoms with E-state index in [0.29, 0.717) is 5.56 Å². The lowest BCUT2D eigenvalue weighted by molar-refractivity contribution is 0.220. The van der Waals surface area contributed by atoms with E-state index in [4.69, 9.17) is 0 Å². The van der Waals surface area contributed by atoms with E-state index in [1.165, 1.54) is 12.1 Å². The fourth-order valence-electron chi connectivity index (χ4n) is 1.62. The molecule has 1 unspecified atom stereocenters. The van der Waals surface area contributed by atoms with E-state index in [1.54, 1.807) is 23.9 Å². The summed E-state index contributed by atoms with van der Waals surface area (Å²) in [5.41, 5.74) is 1.51. The lowest BCUT2D eigenvalue weighted by Gasteiger charge is -2.11. The van der Waals surface area contributed by atoms with Gasteiger partial charge in [-0.3, -0.25) is 0 Å². The van der Waals surface area contributed by atoms with Crippen LogP contribution in [0.5, 0.6) is 0 Å². The predicted octanol–water partition coefficient (Wildman–Crippen LogP) is 3.63. The Bertz CT molecular complexity index is 479. The molecule has 0 saturated carbocycles. The molecule has 0 aliphatic rings. The minimum absolute atomic E-state index is 0.293. The van der Waals surface area contributed by atoms with Gasteiger partial charge < -0.3 is 5.11 Å². The first-order valence-corrected chi connectivity index (χ1v) is 6.50. The molecule has 1 nitrogen and oxygen atoms in total. The number of rotatable bonds is 3. The second-order valence-electron chi connectivity index (χ2n) is 3.73. The third-order valence-corrected chi connectivity index (χ3v) is 3.36. The van der Waals surface area contributed by atoms with Crippen molar-refractivity contribution in [2.75, 3.05) is 6.26 Å². The van der Waals surface area contributed by atoms with E-state index in [0.717, 1.165) is 10.5 Å². The molecule has 0 radical (unpaired) electrons. The highest BCUT2D eigenvalue weighted by atomic mass is 32.2. The van der Waals surface area contributed by atoms with Gasteiger partial charge in [-0.1, -0.05) is 24.3 Å². The Morgan fingerprint density at radius 2 is 1.41 bits per heavy atom. The van der Waals surface area contributed by atoms with Gasteiger partial charge in [0.2, 0.25) is 0 Å². The molecule has 0 bridgehead atoms. The number of benzene rings is 2. The fraction of sp³-hybridized carbons (Fsp3) is 0.143. The van der Waals surface area contributed by atoms with Crippen LogP contribution in [0.1, 0.15) is 17.2 Å². The monoisotopic (exact) mass is 248 g/mol. The number of halogens is 1. The van der Waals surface area contributed by atoms with Crippen molar-refractivity contribution in [1.29, 1.82) is 0 Å². The molecule has 88 valence electrons. The van der Waals surface area contributed by atoms with Crippen molar-refractivity contribution in [3.8, 4) is 0 Å². The van der Waals surface area contributed by atoms with Crippen LogP contribution >= 0.6 is 11.8 Å². The third kappa shape index (κ3) is 2.87. The van der Waals surface area contributed by atoms with Gasteiger partial charge in [0.15, 0.2) is 0 Å². The Kier molecular flexibility index (Phi) is 3.82. The van der Waals surface area contributed by atoms with E-state index >= 15 is 0 Å². The van der Waals surface area contributed by atoms with Gasteiger partial charge in [0.1, 0.15) is 11.9 Å². The molecule has 0 saturated heterocycles. The zero-order valence-electron chi connectivity index (χ0n) is 9.43. The summed E-state index contributed by atoms with van der Waals surface area (Å²) in [4.78, 5) is 1.15. The largest absolute Gasteiger partial charge is 0.384 e. The first kappa shape index (κ1) is 12.1. The Balaban J connectivity index is 2.23. The summed E-state index contributed by atoms with van der Waals surface area (Å²) < 4.78 is 12.8. The Hall–Kier alpha value is -1.32. The molecule has 1 N–H and O–H groups in total.